The SMILES string of the molecule is C[C@H]1[C@H]([Si](C)(C)F)[C@@H](CCn2cc(C(CO)c3ccccc3)nn2)O[C@]12C(=O)N(Cc1ccc(N3C(=O)CCc4ccccc43)cc1)c1ccc(Br)cc12. The number of carbonyl (C=O) groups is 2. The molecule has 4 aromatic carbocycles. The molecule has 0 saturated carbocycles. The number of nitrogens with zero attached hydrogens (tertiary/aromatic N) is 5. The van der Waals surface area contributed by atoms with E-state index in [9.17, 15) is 14.7 Å². The van der Waals surface area contributed by atoms with E-state index in [1.165, 1.54) is 0 Å². The number of halogens is 2. The molecule has 1 spiro atoms. The van der Waals surface area contributed by atoms with E-state index in [1.807, 2.05) is 104 Å². The summed E-state index contributed by atoms with van der Waals surface area (Å²) < 4.78 is 26.0. The van der Waals surface area contributed by atoms with Gasteiger partial charge in [0.2, 0.25) is 14.3 Å². The van der Waals surface area contributed by atoms with Crippen LogP contribution in [0.15, 0.2) is 108 Å². The Bertz CT molecular complexity index is 2190. The van der Waals surface area contributed by atoms with Crippen molar-refractivity contribution in [2.45, 2.75) is 75.5 Å². The molecule has 8 rings (SSSR count). The van der Waals surface area contributed by atoms with Crippen LogP contribution in [0.2, 0.25) is 18.6 Å². The summed E-state index contributed by atoms with van der Waals surface area (Å²) in [6, 6.07) is 31.3. The number of amides is 2. The first-order valence-electron chi connectivity index (χ1n) is 18.5. The summed E-state index contributed by atoms with van der Waals surface area (Å²) in [5.41, 5.74) is 4.98. The number of benzene rings is 4. The van der Waals surface area contributed by atoms with E-state index in [2.05, 4.69) is 32.3 Å². The third-order valence-corrected chi connectivity index (χ3v) is 14.4. The third-order valence-electron chi connectivity index (χ3n) is 11.5. The molecule has 1 aromatic heterocycles. The van der Waals surface area contributed by atoms with Crippen molar-refractivity contribution in [2.24, 2.45) is 5.92 Å². The van der Waals surface area contributed by atoms with Crippen LogP contribution in [0.3, 0.4) is 0 Å². The van der Waals surface area contributed by atoms with E-state index in [0.29, 0.717) is 25.1 Å². The Hall–Kier alpha value is -4.49. The first-order chi connectivity index (χ1) is 26.0. The van der Waals surface area contributed by atoms with E-state index < -0.39 is 31.6 Å². The van der Waals surface area contributed by atoms with E-state index >= 15 is 4.11 Å². The highest BCUT2D eigenvalue weighted by molar-refractivity contribution is 9.10. The van der Waals surface area contributed by atoms with Gasteiger partial charge in [-0.15, -0.1) is 5.10 Å². The first kappa shape index (κ1) is 36.5. The Kier molecular flexibility index (Phi) is 9.66. The number of fused-ring (bicyclic) bond motifs is 3. The molecule has 1 N–H and O–H groups in total. The van der Waals surface area contributed by atoms with Crippen LogP contribution in [-0.2, 0) is 39.4 Å². The Labute approximate surface area is 324 Å². The monoisotopic (exact) mass is 807 g/mol. The number of rotatable bonds is 10. The number of anilines is 3. The fourth-order valence-corrected chi connectivity index (χ4v) is 11.9. The van der Waals surface area contributed by atoms with Crippen molar-refractivity contribution in [2.75, 3.05) is 16.4 Å². The van der Waals surface area contributed by atoms with Crippen molar-refractivity contribution in [3.05, 3.63) is 136 Å². The van der Waals surface area contributed by atoms with Crippen molar-refractivity contribution in [1.29, 1.82) is 0 Å². The Morgan fingerprint density at radius 3 is 2.46 bits per heavy atom. The predicted molar refractivity (Wildman–Crippen MR) is 212 cm³/mol. The zero-order valence-electron chi connectivity index (χ0n) is 30.5. The van der Waals surface area contributed by atoms with E-state index in [0.717, 1.165) is 50.2 Å². The molecule has 3 aliphatic heterocycles. The number of aliphatic hydroxyl groups excluding tert-OH is 1. The van der Waals surface area contributed by atoms with E-state index in [1.54, 1.807) is 27.6 Å². The normalized spacial score (nSPS) is 22.9. The summed E-state index contributed by atoms with van der Waals surface area (Å²) in [6.45, 7) is 5.96. The fraction of sp³-hybridized carbons (Fsp3) is 0.333. The van der Waals surface area contributed by atoms with Crippen molar-refractivity contribution in [3.63, 3.8) is 0 Å². The largest absolute Gasteiger partial charge is 0.395 e. The highest BCUT2D eigenvalue weighted by Crippen LogP contribution is 2.60. The molecule has 2 amide bonds. The number of aliphatic hydroxyl groups is 1. The summed E-state index contributed by atoms with van der Waals surface area (Å²) >= 11 is 3.63. The van der Waals surface area contributed by atoms with Gasteiger partial charge in [-0.05, 0) is 79.0 Å². The van der Waals surface area contributed by atoms with Crippen molar-refractivity contribution in [1.82, 2.24) is 15.0 Å². The Morgan fingerprint density at radius 1 is 0.981 bits per heavy atom. The molecule has 3 aliphatic rings. The zero-order chi connectivity index (χ0) is 37.8. The van der Waals surface area contributed by atoms with Crippen LogP contribution < -0.4 is 9.80 Å². The van der Waals surface area contributed by atoms with Gasteiger partial charge in [-0.2, -0.15) is 0 Å². The maximum atomic E-state index is 16.5. The van der Waals surface area contributed by atoms with E-state index in [-0.39, 0.29) is 30.9 Å². The highest BCUT2D eigenvalue weighted by atomic mass is 79.9. The molecule has 1 saturated heterocycles. The lowest BCUT2D eigenvalue weighted by Crippen LogP contribution is -2.45. The summed E-state index contributed by atoms with van der Waals surface area (Å²) in [4.78, 5) is 31.5. The van der Waals surface area contributed by atoms with Crippen molar-refractivity contribution < 1.29 is 23.5 Å². The second kappa shape index (κ2) is 14.3. The van der Waals surface area contributed by atoms with E-state index in [4.69, 9.17) is 4.74 Å². The second-order valence-electron chi connectivity index (χ2n) is 15.2. The summed E-state index contributed by atoms with van der Waals surface area (Å²) in [5, 5.41) is 18.9. The van der Waals surface area contributed by atoms with Gasteiger partial charge in [-0.25, -0.2) is 0 Å². The molecule has 1 fully saturated rings. The number of ether oxygens (including phenoxy) is 1. The maximum absolute atomic E-state index is 16.5. The van der Waals surface area contributed by atoms with Gasteiger partial charge in [0, 0.05) is 46.3 Å². The van der Waals surface area contributed by atoms with Gasteiger partial charge in [-0.3, -0.25) is 19.2 Å². The zero-order valence-corrected chi connectivity index (χ0v) is 33.1. The fourth-order valence-electron chi connectivity index (χ4n) is 8.99. The Morgan fingerprint density at radius 2 is 1.72 bits per heavy atom. The van der Waals surface area contributed by atoms with Gasteiger partial charge in [-0.1, -0.05) is 88.7 Å². The minimum atomic E-state index is -3.38. The highest BCUT2D eigenvalue weighted by Gasteiger charge is 2.66. The molecule has 278 valence electrons. The molecular weight excluding hydrogens is 765 g/mol. The minimum absolute atomic E-state index is 0.0548. The standard InChI is InChI=1S/C42H43BrFN5O4Si/c1-27-40(54(2,3)44)38(21-22-47-25-35(45-46-47)33(26-50)29-9-5-4-6-10-29)53-42(27)34-23-31(43)16-19-37(34)48(41(42)52)24-28-13-17-32(18-14-28)49-36-12-8-7-11-30(36)15-20-39(49)51/h4-14,16-19,23,25,27,33,38,40,50H,15,20-22,24,26H2,1-3H3/t27-,33?,38+,40-,42+/m0/s1. The molecule has 4 heterocycles. The van der Waals surface area contributed by atoms with Crippen LogP contribution >= 0.6 is 15.9 Å². The van der Waals surface area contributed by atoms with Gasteiger partial charge in [0.05, 0.1) is 42.2 Å². The van der Waals surface area contributed by atoms with Crippen LogP contribution in [-0.4, -0.2) is 53.0 Å². The molecule has 0 radical (unpaired) electrons. The predicted octanol–water partition coefficient (Wildman–Crippen LogP) is 8.19. The van der Waals surface area contributed by atoms with Gasteiger partial charge in [0.25, 0.3) is 5.91 Å². The average Bonchev–Trinajstić information content (AvgIpc) is 3.82. The van der Waals surface area contributed by atoms with Crippen LogP contribution in [0.25, 0.3) is 0 Å². The van der Waals surface area contributed by atoms with Crippen molar-refractivity contribution >= 4 is 53.2 Å². The minimum Gasteiger partial charge on any atom is -0.395 e. The molecular formula is C42H43BrFN5O4Si. The molecule has 0 bridgehead atoms. The van der Waals surface area contributed by atoms with Crippen LogP contribution in [0.1, 0.15) is 53.6 Å². The smallest absolute Gasteiger partial charge is 0.264 e. The lowest BCUT2D eigenvalue weighted by atomic mass is 9.82. The van der Waals surface area contributed by atoms with Crippen LogP contribution in [0, 0.1) is 5.92 Å². The molecule has 0 aliphatic carbocycles. The van der Waals surface area contributed by atoms with Crippen LogP contribution in [0.4, 0.5) is 21.2 Å². The number of aromatic nitrogens is 3. The van der Waals surface area contributed by atoms with Crippen LogP contribution in [0.5, 0.6) is 0 Å². The number of hydrogen-bond donors (Lipinski definition) is 1. The third kappa shape index (κ3) is 6.32. The molecule has 5 atom stereocenters. The molecule has 9 nitrogen and oxygen atoms in total. The summed E-state index contributed by atoms with van der Waals surface area (Å²) in [7, 11) is -3.38. The lowest BCUT2D eigenvalue weighted by molar-refractivity contribution is -0.146. The second-order valence-corrected chi connectivity index (χ2v) is 19.9. The summed E-state index contributed by atoms with van der Waals surface area (Å²) in [6.07, 6.45) is 2.90. The number of para-hydroxylation sites is 1. The quantitative estimate of drug-likeness (QED) is 0.113. The number of aryl methyl sites for hydroxylation is 2. The first-order valence-corrected chi connectivity index (χ1v) is 22.3. The molecule has 12 heteroatoms. The molecule has 1 unspecified atom stereocenters. The number of carbonyl (C=O) groups excluding carboxylic acids is 2. The topological polar surface area (TPSA) is 101 Å². The van der Waals surface area contributed by atoms with Crippen molar-refractivity contribution in [3.8, 4) is 0 Å². The Balaban J connectivity index is 1.06. The maximum Gasteiger partial charge on any atom is 0.264 e. The average molecular weight is 809 g/mol. The lowest BCUT2D eigenvalue weighted by Gasteiger charge is -2.31. The van der Waals surface area contributed by atoms with Gasteiger partial charge >= 0.3 is 0 Å². The summed E-state index contributed by atoms with van der Waals surface area (Å²) in [5.74, 6) is -0.891. The van der Waals surface area contributed by atoms with Gasteiger partial charge in [0.1, 0.15) is 0 Å². The van der Waals surface area contributed by atoms with Gasteiger partial charge in [0.15, 0.2) is 5.60 Å². The molecule has 54 heavy (non-hydrogen) atoms. The number of hydrogen-bond acceptors (Lipinski definition) is 6. The van der Waals surface area contributed by atoms with Gasteiger partial charge < -0.3 is 18.9 Å². The molecule has 5 aromatic rings.